The first-order valence-corrected chi connectivity index (χ1v) is 7.71. The molecule has 0 fully saturated rings. The molecule has 1 rings (SSSR count). The molecule has 0 spiro atoms. The van der Waals surface area contributed by atoms with Crippen molar-refractivity contribution in [3.05, 3.63) is 16.3 Å². The van der Waals surface area contributed by atoms with Crippen molar-refractivity contribution in [2.24, 2.45) is 0 Å². The first-order chi connectivity index (χ1) is 9.34. The summed E-state index contributed by atoms with van der Waals surface area (Å²) in [6.07, 6.45) is -2.89. The number of nitrogens with zero attached hydrogens (tertiary/aromatic N) is 1. The van der Waals surface area contributed by atoms with Crippen molar-refractivity contribution in [1.29, 1.82) is 0 Å². The maximum Gasteiger partial charge on any atom is 0.349 e. The van der Waals surface area contributed by atoms with Gasteiger partial charge in [0, 0.05) is 6.54 Å². The zero-order valence-electron chi connectivity index (χ0n) is 10.5. The first kappa shape index (κ1) is 17.0. The van der Waals surface area contributed by atoms with Crippen LogP contribution in [0.2, 0.25) is 0 Å². The van der Waals surface area contributed by atoms with Crippen molar-refractivity contribution >= 4 is 27.3 Å². The number of hydrogen-bond donors (Lipinski definition) is 1. The van der Waals surface area contributed by atoms with Crippen molar-refractivity contribution < 1.29 is 31.8 Å². The van der Waals surface area contributed by atoms with Gasteiger partial charge in [0.25, 0.3) is 6.43 Å². The van der Waals surface area contributed by atoms with Gasteiger partial charge in [0.15, 0.2) is 0 Å². The van der Waals surface area contributed by atoms with Crippen molar-refractivity contribution in [2.45, 2.75) is 11.3 Å². The molecular weight excluding hydrogens is 316 g/mol. The molecule has 0 saturated heterocycles. The van der Waals surface area contributed by atoms with Gasteiger partial charge < -0.3 is 9.84 Å². The lowest BCUT2D eigenvalue weighted by molar-refractivity contribution is 0.0602. The van der Waals surface area contributed by atoms with Crippen LogP contribution in [0.4, 0.5) is 8.78 Å². The molecule has 1 heterocycles. The Hall–Kier alpha value is -1.10. The maximum absolute atomic E-state index is 12.4. The normalized spacial score (nSPS) is 12.1. The molecule has 1 N–H and O–H groups in total. The van der Waals surface area contributed by atoms with E-state index in [9.17, 15) is 22.0 Å². The van der Waals surface area contributed by atoms with E-state index in [1.807, 2.05) is 0 Å². The molecule has 0 aliphatic heterocycles. The van der Waals surface area contributed by atoms with Crippen molar-refractivity contribution in [3.8, 4) is 0 Å². The summed E-state index contributed by atoms with van der Waals surface area (Å²) in [5.41, 5.74) is 0. The van der Waals surface area contributed by atoms with Gasteiger partial charge in [0.1, 0.15) is 9.77 Å². The number of aliphatic hydroxyl groups is 1. The second-order valence-corrected chi connectivity index (χ2v) is 6.41. The van der Waals surface area contributed by atoms with Crippen LogP contribution in [0.15, 0.2) is 16.3 Å². The van der Waals surface area contributed by atoms with Gasteiger partial charge in [-0.25, -0.2) is 22.0 Å². The average Bonchev–Trinajstić information content (AvgIpc) is 2.86. The number of rotatable bonds is 7. The molecule has 6 nitrogen and oxygen atoms in total. The van der Waals surface area contributed by atoms with Gasteiger partial charge in [0.2, 0.25) is 10.0 Å². The molecule has 0 atom stereocenters. The van der Waals surface area contributed by atoms with Gasteiger partial charge in [-0.3, -0.25) is 0 Å². The third-order valence-corrected chi connectivity index (χ3v) is 5.24. The molecule has 20 heavy (non-hydrogen) atoms. The number of hydrogen-bond acceptors (Lipinski definition) is 6. The van der Waals surface area contributed by atoms with E-state index in [2.05, 4.69) is 4.74 Å². The van der Waals surface area contributed by atoms with Crippen molar-refractivity contribution in [2.75, 3.05) is 26.8 Å². The summed E-state index contributed by atoms with van der Waals surface area (Å²) in [5.74, 6) is -0.862. The number of carbonyl (C=O) groups excluding carboxylic acids is 1. The monoisotopic (exact) mass is 329 g/mol. The quantitative estimate of drug-likeness (QED) is 0.748. The van der Waals surface area contributed by atoms with E-state index in [1.54, 1.807) is 0 Å². The Morgan fingerprint density at radius 3 is 2.70 bits per heavy atom. The van der Waals surface area contributed by atoms with E-state index in [0.717, 1.165) is 24.5 Å². The van der Waals surface area contributed by atoms with Crippen LogP contribution in [-0.4, -0.2) is 57.0 Å². The van der Waals surface area contributed by atoms with Gasteiger partial charge in [-0.15, -0.1) is 11.3 Å². The van der Waals surface area contributed by atoms with E-state index in [4.69, 9.17) is 5.11 Å². The number of ether oxygens (including phenoxy) is 1. The van der Waals surface area contributed by atoms with Crippen LogP contribution in [0.3, 0.4) is 0 Å². The van der Waals surface area contributed by atoms with Gasteiger partial charge in [-0.2, -0.15) is 4.31 Å². The number of alkyl halides is 2. The third-order valence-electron chi connectivity index (χ3n) is 2.31. The van der Waals surface area contributed by atoms with E-state index in [-0.39, 0.29) is 4.88 Å². The largest absolute Gasteiger partial charge is 0.465 e. The van der Waals surface area contributed by atoms with Gasteiger partial charge in [0.05, 0.1) is 20.3 Å². The highest BCUT2D eigenvalue weighted by atomic mass is 32.2. The average molecular weight is 329 g/mol. The summed E-state index contributed by atoms with van der Waals surface area (Å²) < 4.78 is 54.2. The van der Waals surface area contributed by atoms with Crippen molar-refractivity contribution in [1.82, 2.24) is 4.31 Å². The SMILES string of the molecule is COC(=O)c1sccc1S(=O)(=O)N(CCO)CC(F)F. The topological polar surface area (TPSA) is 83.9 Å². The summed E-state index contributed by atoms with van der Waals surface area (Å²) in [6.45, 7) is -2.15. The molecule has 0 saturated carbocycles. The Labute approximate surface area is 118 Å². The number of sulfonamides is 1. The minimum absolute atomic E-state index is 0.190. The Balaban J connectivity index is 3.20. The van der Waals surface area contributed by atoms with Gasteiger partial charge in [-0.05, 0) is 11.4 Å². The minimum atomic E-state index is -4.30. The number of esters is 1. The lowest BCUT2D eigenvalue weighted by atomic mass is 10.5. The van der Waals surface area contributed by atoms with Gasteiger partial charge >= 0.3 is 5.97 Å². The van der Waals surface area contributed by atoms with E-state index >= 15 is 0 Å². The maximum atomic E-state index is 12.4. The fourth-order valence-electron chi connectivity index (χ4n) is 1.46. The van der Waals surface area contributed by atoms with Crippen LogP contribution in [0.5, 0.6) is 0 Å². The zero-order chi connectivity index (χ0) is 15.3. The van der Waals surface area contributed by atoms with Crippen LogP contribution in [0.1, 0.15) is 9.67 Å². The number of carbonyl (C=O) groups is 1. The number of methoxy groups -OCH3 is 1. The molecular formula is C10H13F2NO5S2. The first-order valence-electron chi connectivity index (χ1n) is 5.39. The predicted octanol–water partition coefficient (Wildman–Crippen LogP) is 0.783. The molecule has 0 bridgehead atoms. The summed E-state index contributed by atoms with van der Waals surface area (Å²) >= 11 is 0.833. The zero-order valence-corrected chi connectivity index (χ0v) is 12.1. The second-order valence-electron chi connectivity index (χ2n) is 3.58. The highest BCUT2D eigenvalue weighted by Gasteiger charge is 2.31. The number of halogens is 2. The fraction of sp³-hybridized carbons (Fsp3) is 0.500. The lowest BCUT2D eigenvalue weighted by Crippen LogP contribution is -2.37. The second kappa shape index (κ2) is 7.07. The van der Waals surface area contributed by atoms with Gasteiger partial charge in [-0.1, -0.05) is 0 Å². The Kier molecular flexibility index (Phi) is 5.99. The Bertz CT molecular complexity index is 558. The Morgan fingerprint density at radius 2 is 2.20 bits per heavy atom. The fourth-order valence-corrected chi connectivity index (χ4v) is 4.17. The van der Waals surface area contributed by atoms with Crippen LogP contribution < -0.4 is 0 Å². The van der Waals surface area contributed by atoms with E-state index in [1.165, 1.54) is 5.38 Å². The van der Waals surface area contributed by atoms with Crippen molar-refractivity contribution in [3.63, 3.8) is 0 Å². The highest BCUT2D eigenvalue weighted by Crippen LogP contribution is 2.26. The number of aliphatic hydroxyl groups excluding tert-OH is 1. The summed E-state index contributed by atoms with van der Waals surface area (Å²) in [6, 6.07) is 1.14. The predicted molar refractivity (Wildman–Crippen MR) is 67.5 cm³/mol. The number of thiophene rings is 1. The van der Waals surface area contributed by atoms with E-state index < -0.39 is 47.0 Å². The molecule has 0 amide bonds. The molecule has 0 unspecified atom stereocenters. The summed E-state index contributed by atoms with van der Waals surface area (Å²) in [5, 5.41) is 10.1. The molecule has 114 valence electrons. The van der Waals surface area contributed by atoms with Crippen LogP contribution in [-0.2, 0) is 14.8 Å². The molecule has 10 heteroatoms. The molecule has 0 aliphatic carbocycles. The molecule has 1 aromatic rings. The molecule has 0 aliphatic rings. The standard InChI is InChI=1S/C10H13F2NO5S2/c1-18-10(15)9-7(2-5-19-9)20(16,17)13(3-4-14)6-8(11)12/h2,5,8,14H,3-4,6H2,1H3. The van der Waals surface area contributed by atoms with Crippen LogP contribution in [0.25, 0.3) is 0 Å². The van der Waals surface area contributed by atoms with E-state index in [0.29, 0.717) is 4.31 Å². The molecule has 0 aromatic carbocycles. The smallest absolute Gasteiger partial charge is 0.349 e. The highest BCUT2D eigenvalue weighted by molar-refractivity contribution is 7.89. The lowest BCUT2D eigenvalue weighted by Gasteiger charge is -2.20. The summed E-state index contributed by atoms with van der Waals surface area (Å²) in [7, 11) is -3.21. The Morgan fingerprint density at radius 1 is 1.55 bits per heavy atom. The van der Waals surface area contributed by atoms with Crippen LogP contribution in [0, 0.1) is 0 Å². The molecule has 0 radical (unpaired) electrons. The minimum Gasteiger partial charge on any atom is -0.465 e. The molecule has 1 aromatic heterocycles. The third kappa shape index (κ3) is 3.72. The summed E-state index contributed by atoms with van der Waals surface area (Å²) in [4.78, 5) is 10.9. The van der Waals surface area contributed by atoms with Crippen LogP contribution >= 0.6 is 11.3 Å².